The first-order valence-corrected chi connectivity index (χ1v) is 6.94. The highest BCUT2D eigenvalue weighted by Crippen LogP contribution is 2.17. The van der Waals surface area contributed by atoms with E-state index in [-0.39, 0.29) is 23.9 Å². The van der Waals surface area contributed by atoms with Crippen LogP contribution in [0.25, 0.3) is 0 Å². The van der Waals surface area contributed by atoms with E-state index in [2.05, 4.69) is 10.3 Å². The van der Waals surface area contributed by atoms with Crippen LogP contribution in [0.1, 0.15) is 37.0 Å². The molecular formula is C14H22FN3O2. The number of aromatic nitrogens is 1. The van der Waals surface area contributed by atoms with E-state index in [9.17, 15) is 9.18 Å². The van der Waals surface area contributed by atoms with Crippen LogP contribution in [0.4, 0.5) is 10.2 Å². The maximum absolute atomic E-state index is 14.2. The van der Waals surface area contributed by atoms with E-state index >= 15 is 0 Å². The molecule has 20 heavy (non-hydrogen) atoms. The van der Waals surface area contributed by atoms with E-state index in [1.807, 2.05) is 13.8 Å². The Balaban J connectivity index is 2.91. The van der Waals surface area contributed by atoms with Crippen molar-refractivity contribution in [2.24, 2.45) is 0 Å². The summed E-state index contributed by atoms with van der Waals surface area (Å²) in [6, 6.07) is 1.39. The number of anilines is 1. The van der Waals surface area contributed by atoms with E-state index in [1.165, 1.54) is 17.2 Å². The summed E-state index contributed by atoms with van der Waals surface area (Å²) in [6.07, 6.45) is 2.75. The topological polar surface area (TPSA) is 65.5 Å². The summed E-state index contributed by atoms with van der Waals surface area (Å²) in [5.74, 6) is -0.885. The van der Waals surface area contributed by atoms with Crippen LogP contribution in [0, 0.1) is 5.82 Å². The van der Waals surface area contributed by atoms with Crippen molar-refractivity contribution in [1.82, 2.24) is 9.88 Å². The lowest BCUT2D eigenvalue weighted by Crippen LogP contribution is -2.33. The quantitative estimate of drug-likeness (QED) is 0.764. The van der Waals surface area contributed by atoms with Gasteiger partial charge in [-0.25, -0.2) is 9.37 Å². The fraction of sp³-hybridized carbons (Fsp3) is 0.571. The number of nitrogens with zero attached hydrogens (tertiary/aromatic N) is 2. The molecular weight excluding hydrogens is 261 g/mol. The zero-order valence-electron chi connectivity index (χ0n) is 12.0. The van der Waals surface area contributed by atoms with Gasteiger partial charge < -0.3 is 15.3 Å². The number of rotatable bonds is 8. The van der Waals surface area contributed by atoms with Gasteiger partial charge in [-0.1, -0.05) is 6.92 Å². The van der Waals surface area contributed by atoms with Crippen LogP contribution in [-0.4, -0.2) is 47.1 Å². The standard InChI is InChI=1S/C14H22FN3O2/c1-3-7-16-13-12(15)11(6-8-17-13)14(20)18(4-2)9-5-10-19/h6,8,19H,3-5,7,9-10H2,1-2H3,(H,16,17). The molecule has 1 aromatic rings. The van der Waals surface area contributed by atoms with E-state index in [0.717, 1.165) is 6.42 Å². The second kappa shape index (κ2) is 8.47. The van der Waals surface area contributed by atoms with Crippen LogP contribution in [0.15, 0.2) is 12.3 Å². The maximum atomic E-state index is 14.2. The number of aliphatic hydroxyl groups excluding tert-OH is 1. The highest BCUT2D eigenvalue weighted by atomic mass is 19.1. The Labute approximate surface area is 118 Å². The molecule has 0 radical (unpaired) electrons. The molecule has 1 aromatic heterocycles. The van der Waals surface area contributed by atoms with Gasteiger partial charge in [0.25, 0.3) is 5.91 Å². The normalized spacial score (nSPS) is 10.4. The lowest BCUT2D eigenvalue weighted by atomic mass is 10.2. The Kier molecular flexibility index (Phi) is 6.93. The molecule has 0 saturated heterocycles. The average Bonchev–Trinajstić information content (AvgIpc) is 2.46. The zero-order valence-corrected chi connectivity index (χ0v) is 12.0. The molecule has 0 aromatic carbocycles. The Morgan fingerprint density at radius 3 is 2.85 bits per heavy atom. The van der Waals surface area contributed by atoms with Gasteiger partial charge in [-0.3, -0.25) is 4.79 Å². The van der Waals surface area contributed by atoms with Gasteiger partial charge in [-0.15, -0.1) is 0 Å². The molecule has 1 amide bonds. The second-order valence-electron chi connectivity index (χ2n) is 4.41. The number of carbonyl (C=O) groups is 1. The molecule has 0 aliphatic rings. The first kappa shape index (κ1) is 16.4. The first-order valence-electron chi connectivity index (χ1n) is 6.94. The molecule has 1 rings (SSSR count). The average molecular weight is 283 g/mol. The Hall–Kier alpha value is -1.69. The first-order chi connectivity index (χ1) is 9.65. The van der Waals surface area contributed by atoms with Gasteiger partial charge >= 0.3 is 0 Å². The van der Waals surface area contributed by atoms with Crippen LogP contribution in [-0.2, 0) is 0 Å². The van der Waals surface area contributed by atoms with E-state index in [4.69, 9.17) is 5.11 Å². The van der Waals surface area contributed by atoms with Crippen molar-refractivity contribution in [2.45, 2.75) is 26.7 Å². The van der Waals surface area contributed by atoms with E-state index in [0.29, 0.717) is 26.1 Å². The SMILES string of the molecule is CCCNc1nccc(C(=O)N(CC)CCCO)c1F. The van der Waals surface area contributed by atoms with Crippen molar-refractivity contribution < 1.29 is 14.3 Å². The van der Waals surface area contributed by atoms with Gasteiger partial charge in [-0.2, -0.15) is 0 Å². The van der Waals surface area contributed by atoms with Gasteiger partial charge in [0.05, 0.1) is 5.56 Å². The number of halogens is 1. The summed E-state index contributed by atoms with van der Waals surface area (Å²) in [5, 5.41) is 11.7. The number of hydrogen-bond donors (Lipinski definition) is 2. The molecule has 0 atom stereocenters. The molecule has 0 saturated carbocycles. The molecule has 0 aliphatic heterocycles. The molecule has 0 unspecified atom stereocenters. The summed E-state index contributed by atoms with van der Waals surface area (Å²) in [5.41, 5.74) is 0.0124. The van der Waals surface area contributed by atoms with Crippen LogP contribution < -0.4 is 5.32 Å². The minimum absolute atomic E-state index is 0.00587. The monoisotopic (exact) mass is 283 g/mol. The number of carbonyl (C=O) groups excluding carboxylic acids is 1. The molecule has 2 N–H and O–H groups in total. The number of amides is 1. The van der Waals surface area contributed by atoms with Crippen molar-refractivity contribution in [1.29, 1.82) is 0 Å². The van der Waals surface area contributed by atoms with Crippen LogP contribution >= 0.6 is 0 Å². The molecule has 0 bridgehead atoms. The van der Waals surface area contributed by atoms with Crippen molar-refractivity contribution in [3.05, 3.63) is 23.6 Å². The summed E-state index contributed by atoms with van der Waals surface area (Å²) in [7, 11) is 0. The minimum atomic E-state index is -0.617. The predicted octanol–water partition coefficient (Wildman–Crippen LogP) is 1.89. The lowest BCUT2D eigenvalue weighted by Gasteiger charge is -2.21. The van der Waals surface area contributed by atoms with Crippen LogP contribution in [0.2, 0.25) is 0 Å². The largest absolute Gasteiger partial charge is 0.396 e. The van der Waals surface area contributed by atoms with E-state index in [1.54, 1.807) is 0 Å². The fourth-order valence-electron chi connectivity index (χ4n) is 1.81. The van der Waals surface area contributed by atoms with Crippen molar-refractivity contribution >= 4 is 11.7 Å². The van der Waals surface area contributed by atoms with Crippen molar-refractivity contribution in [3.63, 3.8) is 0 Å². The third kappa shape index (κ3) is 4.16. The number of aliphatic hydroxyl groups is 1. The van der Waals surface area contributed by atoms with Gasteiger partial charge in [0.2, 0.25) is 0 Å². The zero-order chi connectivity index (χ0) is 15.0. The van der Waals surface area contributed by atoms with Gasteiger partial charge in [0.15, 0.2) is 11.6 Å². The highest BCUT2D eigenvalue weighted by Gasteiger charge is 2.20. The molecule has 6 heteroatoms. The molecule has 0 spiro atoms. The number of nitrogens with one attached hydrogen (secondary N) is 1. The van der Waals surface area contributed by atoms with Gasteiger partial charge in [0, 0.05) is 32.4 Å². The van der Waals surface area contributed by atoms with E-state index < -0.39 is 5.82 Å². The highest BCUT2D eigenvalue weighted by molar-refractivity contribution is 5.95. The maximum Gasteiger partial charge on any atom is 0.257 e. The smallest absolute Gasteiger partial charge is 0.257 e. The lowest BCUT2D eigenvalue weighted by molar-refractivity contribution is 0.0749. The summed E-state index contributed by atoms with van der Waals surface area (Å²) >= 11 is 0. The van der Waals surface area contributed by atoms with Crippen LogP contribution in [0.3, 0.4) is 0 Å². The third-order valence-corrected chi connectivity index (χ3v) is 2.92. The molecule has 0 aliphatic carbocycles. The summed E-state index contributed by atoms with van der Waals surface area (Å²) in [4.78, 5) is 17.7. The fourth-order valence-corrected chi connectivity index (χ4v) is 1.81. The second-order valence-corrected chi connectivity index (χ2v) is 4.41. The predicted molar refractivity (Wildman–Crippen MR) is 76.3 cm³/mol. The number of pyridine rings is 1. The molecule has 5 nitrogen and oxygen atoms in total. The van der Waals surface area contributed by atoms with Crippen molar-refractivity contribution in [3.8, 4) is 0 Å². The minimum Gasteiger partial charge on any atom is -0.396 e. The Bertz CT molecular complexity index is 440. The molecule has 1 heterocycles. The Morgan fingerprint density at radius 1 is 1.50 bits per heavy atom. The summed E-state index contributed by atoms with van der Waals surface area (Å²) < 4.78 is 14.2. The third-order valence-electron chi connectivity index (χ3n) is 2.92. The van der Waals surface area contributed by atoms with Gasteiger partial charge in [-0.05, 0) is 25.8 Å². The molecule has 0 fully saturated rings. The molecule has 112 valence electrons. The Morgan fingerprint density at radius 2 is 2.25 bits per heavy atom. The summed E-state index contributed by atoms with van der Waals surface area (Å²) in [6.45, 7) is 5.28. The van der Waals surface area contributed by atoms with Crippen LogP contribution in [0.5, 0.6) is 0 Å². The van der Waals surface area contributed by atoms with Gasteiger partial charge in [0.1, 0.15) is 0 Å². The number of hydrogen-bond acceptors (Lipinski definition) is 4. The van der Waals surface area contributed by atoms with Crippen molar-refractivity contribution in [2.75, 3.05) is 31.6 Å².